The molecule has 0 saturated carbocycles. The van der Waals surface area contributed by atoms with E-state index in [1.807, 2.05) is 62.4 Å². The number of benzene rings is 2. The van der Waals surface area contributed by atoms with E-state index in [1.165, 1.54) is 4.80 Å². The summed E-state index contributed by atoms with van der Waals surface area (Å²) in [5.41, 5.74) is 4.02. The molecular formula is C22H27N5O3. The Labute approximate surface area is 176 Å². The van der Waals surface area contributed by atoms with Crippen molar-refractivity contribution in [3.63, 3.8) is 0 Å². The van der Waals surface area contributed by atoms with E-state index in [0.29, 0.717) is 38.8 Å². The summed E-state index contributed by atoms with van der Waals surface area (Å²) in [7, 11) is 0. The Kier molecular flexibility index (Phi) is 8.05. The van der Waals surface area contributed by atoms with Gasteiger partial charge in [-0.1, -0.05) is 48.5 Å². The highest BCUT2D eigenvalue weighted by atomic mass is 16.5. The van der Waals surface area contributed by atoms with Crippen molar-refractivity contribution in [2.24, 2.45) is 0 Å². The van der Waals surface area contributed by atoms with Crippen molar-refractivity contribution < 1.29 is 14.3 Å². The highest BCUT2D eigenvalue weighted by Crippen LogP contribution is 2.17. The van der Waals surface area contributed by atoms with Crippen LogP contribution in [0.2, 0.25) is 0 Å². The highest BCUT2D eigenvalue weighted by Gasteiger charge is 2.10. The Hall–Kier alpha value is -3.10. The molecule has 30 heavy (non-hydrogen) atoms. The minimum atomic E-state index is -0.179. The largest absolute Gasteiger partial charge is 0.379 e. The van der Waals surface area contributed by atoms with Gasteiger partial charge in [0.15, 0.2) is 0 Å². The van der Waals surface area contributed by atoms with E-state index < -0.39 is 0 Å². The maximum Gasteiger partial charge on any atom is 0.243 e. The molecule has 2 aromatic carbocycles. The minimum absolute atomic E-state index is 0.0130. The summed E-state index contributed by atoms with van der Waals surface area (Å²) in [4.78, 5) is 13.6. The van der Waals surface area contributed by atoms with E-state index in [1.54, 1.807) is 0 Å². The van der Waals surface area contributed by atoms with Gasteiger partial charge in [-0.3, -0.25) is 4.79 Å². The molecule has 1 amide bonds. The summed E-state index contributed by atoms with van der Waals surface area (Å²) in [6, 6.07) is 15.7. The van der Waals surface area contributed by atoms with Crippen LogP contribution in [-0.2, 0) is 34.0 Å². The first-order chi connectivity index (χ1) is 14.7. The van der Waals surface area contributed by atoms with Crippen LogP contribution in [0, 0.1) is 6.92 Å². The standard InChI is InChI=1S/C22H27N5O3/c1-3-29-11-12-30-16-19-9-6-8-18(13-19)14-23-21(28)15-27-25-22(24-26-27)20-10-5-4-7-17(20)2/h4-10,13H,3,11-12,14-16H2,1-2H3,(H,23,28). The number of tetrazole rings is 1. The molecule has 0 fully saturated rings. The first-order valence-electron chi connectivity index (χ1n) is 9.99. The van der Waals surface area contributed by atoms with Gasteiger partial charge in [0.2, 0.25) is 11.7 Å². The molecule has 0 saturated heterocycles. The zero-order chi connectivity index (χ0) is 21.2. The second kappa shape index (κ2) is 11.2. The molecule has 0 atom stereocenters. The topological polar surface area (TPSA) is 91.2 Å². The van der Waals surface area contributed by atoms with Gasteiger partial charge in [-0.05, 0) is 35.8 Å². The number of carbonyl (C=O) groups is 1. The van der Waals surface area contributed by atoms with Gasteiger partial charge < -0.3 is 14.8 Å². The lowest BCUT2D eigenvalue weighted by molar-refractivity contribution is -0.122. The van der Waals surface area contributed by atoms with E-state index in [9.17, 15) is 4.79 Å². The van der Waals surface area contributed by atoms with Crippen molar-refractivity contribution in [1.29, 1.82) is 0 Å². The fraction of sp³-hybridized carbons (Fsp3) is 0.364. The van der Waals surface area contributed by atoms with E-state index in [0.717, 1.165) is 22.3 Å². The van der Waals surface area contributed by atoms with Crippen molar-refractivity contribution >= 4 is 5.91 Å². The third-order valence-electron chi connectivity index (χ3n) is 4.45. The monoisotopic (exact) mass is 409 g/mol. The highest BCUT2D eigenvalue weighted by molar-refractivity contribution is 5.75. The lowest BCUT2D eigenvalue weighted by Crippen LogP contribution is -2.28. The van der Waals surface area contributed by atoms with Crippen LogP contribution in [0.3, 0.4) is 0 Å². The molecule has 1 heterocycles. The van der Waals surface area contributed by atoms with Crippen LogP contribution >= 0.6 is 0 Å². The lowest BCUT2D eigenvalue weighted by Gasteiger charge is -2.08. The second-order valence-electron chi connectivity index (χ2n) is 6.80. The third kappa shape index (κ3) is 6.47. The van der Waals surface area contributed by atoms with Crippen LogP contribution in [0.15, 0.2) is 48.5 Å². The zero-order valence-corrected chi connectivity index (χ0v) is 17.4. The number of aryl methyl sites for hydroxylation is 1. The third-order valence-corrected chi connectivity index (χ3v) is 4.45. The van der Waals surface area contributed by atoms with Gasteiger partial charge in [0.25, 0.3) is 0 Å². The van der Waals surface area contributed by atoms with Gasteiger partial charge in [-0.25, -0.2) is 0 Å². The van der Waals surface area contributed by atoms with E-state index >= 15 is 0 Å². The van der Waals surface area contributed by atoms with Gasteiger partial charge in [0, 0.05) is 18.7 Å². The smallest absolute Gasteiger partial charge is 0.243 e. The summed E-state index contributed by atoms with van der Waals surface area (Å²) in [5, 5.41) is 15.2. The predicted molar refractivity (Wildman–Crippen MR) is 112 cm³/mol. The molecule has 3 rings (SSSR count). The molecular weight excluding hydrogens is 382 g/mol. The van der Waals surface area contributed by atoms with Crippen LogP contribution in [-0.4, -0.2) is 45.9 Å². The Bertz CT molecular complexity index is 957. The van der Waals surface area contributed by atoms with Crippen LogP contribution in [0.4, 0.5) is 0 Å². The Morgan fingerprint density at radius 1 is 1.07 bits per heavy atom. The molecule has 158 valence electrons. The van der Waals surface area contributed by atoms with Crippen LogP contribution in [0.5, 0.6) is 0 Å². The molecule has 0 spiro atoms. The maximum absolute atomic E-state index is 12.3. The van der Waals surface area contributed by atoms with Crippen molar-refractivity contribution in [2.75, 3.05) is 19.8 Å². The van der Waals surface area contributed by atoms with Crippen molar-refractivity contribution in [1.82, 2.24) is 25.5 Å². The fourth-order valence-corrected chi connectivity index (χ4v) is 2.91. The first kappa shape index (κ1) is 21.6. The number of ether oxygens (including phenoxy) is 2. The molecule has 0 aliphatic heterocycles. The van der Waals surface area contributed by atoms with Gasteiger partial charge in [0.05, 0.1) is 19.8 Å². The molecule has 3 aromatic rings. The van der Waals surface area contributed by atoms with Crippen LogP contribution < -0.4 is 5.32 Å². The Morgan fingerprint density at radius 3 is 2.70 bits per heavy atom. The van der Waals surface area contributed by atoms with Gasteiger partial charge >= 0.3 is 0 Å². The number of rotatable bonds is 11. The van der Waals surface area contributed by atoms with Gasteiger partial charge in [-0.15, -0.1) is 10.2 Å². The number of amides is 1. The summed E-state index contributed by atoms with van der Waals surface area (Å²) >= 11 is 0. The Morgan fingerprint density at radius 2 is 1.87 bits per heavy atom. The summed E-state index contributed by atoms with van der Waals surface area (Å²) in [5.74, 6) is 0.333. The number of nitrogens with one attached hydrogen (secondary N) is 1. The predicted octanol–water partition coefficient (Wildman–Crippen LogP) is 2.52. The number of hydrogen-bond donors (Lipinski definition) is 1. The SMILES string of the molecule is CCOCCOCc1cccc(CNC(=O)Cn2nnc(-c3ccccc3C)n2)c1. The quantitative estimate of drug-likeness (QED) is 0.490. The normalized spacial score (nSPS) is 10.9. The Balaban J connectivity index is 1.47. The van der Waals surface area contributed by atoms with Crippen LogP contribution in [0.25, 0.3) is 11.4 Å². The van der Waals surface area contributed by atoms with E-state index in [2.05, 4.69) is 20.7 Å². The van der Waals surface area contributed by atoms with Crippen molar-refractivity contribution in [2.45, 2.75) is 33.5 Å². The molecule has 8 heteroatoms. The molecule has 0 aliphatic rings. The number of nitrogens with zero attached hydrogens (tertiary/aromatic N) is 4. The number of aromatic nitrogens is 4. The van der Waals surface area contributed by atoms with Gasteiger partial charge in [0.1, 0.15) is 6.54 Å². The molecule has 0 radical (unpaired) electrons. The molecule has 0 unspecified atom stereocenters. The molecule has 1 N–H and O–H groups in total. The number of hydrogen-bond acceptors (Lipinski definition) is 6. The van der Waals surface area contributed by atoms with Crippen molar-refractivity contribution in [3.05, 3.63) is 65.2 Å². The second-order valence-corrected chi connectivity index (χ2v) is 6.80. The summed E-state index contributed by atoms with van der Waals surface area (Å²) in [6.07, 6.45) is 0. The minimum Gasteiger partial charge on any atom is -0.379 e. The van der Waals surface area contributed by atoms with Crippen LogP contribution in [0.1, 0.15) is 23.6 Å². The molecule has 0 bridgehead atoms. The molecule has 0 aliphatic carbocycles. The zero-order valence-electron chi connectivity index (χ0n) is 17.4. The summed E-state index contributed by atoms with van der Waals surface area (Å²) in [6.45, 7) is 6.73. The molecule has 1 aromatic heterocycles. The number of carbonyl (C=O) groups excluding carboxylic acids is 1. The maximum atomic E-state index is 12.3. The summed E-state index contributed by atoms with van der Waals surface area (Å²) < 4.78 is 10.8. The first-order valence-corrected chi connectivity index (χ1v) is 9.99. The average molecular weight is 409 g/mol. The lowest BCUT2D eigenvalue weighted by atomic mass is 10.1. The molecule has 8 nitrogen and oxygen atoms in total. The van der Waals surface area contributed by atoms with Gasteiger partial charge in [-0.2, -0.15) is 4.80 Å². The fourth-order valence-electron chi connectivity index (χ4n) is 2.91. The van der Waals surface area contributed by atoms with E-state index in [4.69, 9.17) is 9.47 Å². The van der Waals surface area contributed by atoms with Crippen molar-refractivity contribution in [3.8, 4) is 11.4 Å². The van der Waals surface area contributed by atoms with E-state index in [-0.39, 0.29) is 12.5 Å². The average Bonchev–Trinajstić information content (AvgIpc) is 3.21.